The van der Waals surface area contributed by atoms with Gasteiger partial charge in [0.25, 0.3) is 0 Å². The summed E-state index contributed by atoms with van der Waals surface area (Å²) in [7, 11) is 0. The Hall–Kier alpha value is -2.47. The molecule has 3 heterocycles. The minimum absolute atomic E-state index is 0.708. The summed E-state index contributed by atoms with van der Waals surface area (Å²) in [5, 5.41) is 10.6. The molecule has 0 saturated carbocycles. The average Bonchev–Trinajstić information content (AvgIpc) is 2.95. The number of hydrogen-bond donors (Lipinski definition) is 0. The molecule has 0 amide bonds. The zero-order chi connectivity index (χ0) is 16.4. The first-order chi connectivity index (χ1) is 11.9. The monoisotopic (exact) mass is 335 g/mol. The molecule has 24 heavy (non-hydrogen) atoms. The van der Waals surface area contributed by atoms with Gasteiger partial charge in [-0.2, -0.15) is 0 Å². The van der Waals surface area contributed by atoms with Crippen LogP contribution < -0.4 is 0 Å². The van der Waals surface area contributed by atoms with Crippen LogP contribution in [0.15, 0.2) is 53.9 Å². The minimum atomic E-state index is 0.708. The van der Waals surface area contributed by atoms with E-state index < -0.39 is 0 Å². The maximum atomic E-state index is 4.78. The van der Waals surface area contributed by atoms with Gasteiger partial charge in [-0.05, 0) is 30.2 Å². The van der Waals surface area contributed by atoms with Crippen molar-refractivity contribution in [3.8, 4) is 0 Å². The van der Waals surface area contributed by atoms with Crippen molar-refractivity contribution in [2.75, 3.05) is 0 Å². The zero-order valence-electron chi connectivity index (χ0n) is 13.4. The zero-order valence-corrected chi connectivity index (χ0v) is 14.2. The molecule has 0 unspecified atom stereocenters. The lowest BCUT2D eigenvalue weighted by Crippen LogP contribution is -2.00. The first kappa shape index (κ1) is 15.1. The number of aryl methyl sites for hydroxylation is 1. The van der Waals surface area contributed by atoms with Gasteiger partial charge >= 0.3 is 0 Å². The van der Waals surface area contributed by atoms with Crippen LogP contribution in [-0.4, -0.2) is 24.7 Å². The highest BCUT2D eigenvalue weighted by Crippen LogP contribution is 2.28. The van der Waals surface area contributed by atoms with Gasteiger partial charge in [0.05, 0.1) is 5.52 Å². The van der Waals surface area contributed by atoms with Crippen LogP contribution in [0.2, 0.25) is 0 Å². The van der Waals surface area contributed by atoms with Crippen molar-refractivity contribution >= 4 is 33.8 Å². The van der Waals surface area contributed by atoms with Gasteiger partial charge < -0.3 is 4.57 Å². The predicted octanol–water partition coefficient (Wildman–Crippen LogP) is 4.08. The summed E-state index contributed by atoms with van der Waals surface area (Å²) in [5.74, 6) is 0.809. The maximum absolute atomic E-state index is 4.78. The van der Waals surface area contributed by atoms with Crippen LogP contribution in [0.4, 0.5) is 0 Å². The molecule has 0 aliphatic rings. The first-order valence-electron chi connectivity index (χ1n) is 8.00. The molecule has 4 rings (SSSR count). The smallest absolute Gasteiger partial charge is 0.211 e. The number of aromatic nitrogens is 5. The molecule has 1 aromatic carbocycles. The third-order valence-electron chi connectivity index (χ3n) is 3.92. The Morgan fingerprint density at radius 1 is 1.04 bits per heavy atom. The number of para-hydroxylation sites is 1. The summed E-state index contributed by atoms with van der Waals surface area (Å²) in [4.78, 5) is 8.82. The van der Waals surface area contributed by atoms with E-state index in [1.54, 1.807) is 24.2 Å². The fourth-order valence-electron chi connectivity index (χ4n) is 2.83. The van der Waals surface area contributed by atoms with Crippen LogP contribution in [-0.2, 0) is 12.3 Å². The fourth-order valence-corrected chi connectivity index (χ4v) is 3.57. The van der Waals surface area contributed by atoms with Crippen molar-refractivity contribution in [2.24, 2.45) is 0 Å². The summed E-state index contributed by atoms with van der Waals surface area (Å²) >= 11 is 1.60. The van der Waals surface area contributed by atoms with Crippen LogP contribution in [0.5, 0.6) is 0 Å². The largest absolute Gasteiger partial charge is 0.324 e. The quantitative estimate of drug-likeness (QED) is 0.514. The van der Waals surface area contributed by atoms with Crippen molar-refractivity contribution in [3.05, 3.63) is 54.4 Å². The maximum Gasteiger partial charge on any atom is 0.211 e. The van der Waals surface area contributed by atoms with Crippen LogP contribution >= 0.6 is 11.8 Å². The SMILES string of the molecule is CCCn1c2ccccc2c2nnc(SCc3ccncc3)nc21. The lowest BCUT2D eigenvalue weighted by Gasteiger charge is -2.04. The average molecular weight is 335 g/mol. The van der Waals surface area contributed by atoms with Gasteiger partial charge in [-0.25, -0.2) is 4.98 Å². The van der Waals surface area contributed by atoms with Gasteiger partial charge in [0.15, 0.2) is 5.65 Å². The normalized spacial score (nSPS) is 11.4. The Bertz CT molecular complexity index is 981. The number of rotatable bonds is 5. The van der Waals surface area contributed by atoms with E-state index in [1.807, 2.05) is 18.2 Å². The molecule has 0 aliphatic carbocycles. The second-order valence-electron chi connectivity index (χ2n) is 5.58. The molecule has 0 N–H and O–H groups in total. The van der Waals surface area contributed by atoms with E-state index in [-0.39, 0.29) is 0 Å². The van der Waals surface area contributed by atoms with Crippen molar-refractivity contribution in [1.82, 2.24) is 24.7 Å². The number of benzene rings is 1. The predicted molar refractivity (Wildman–Crippen MR) is 96.9 cm³/mol. The third kappa shape index (κ3) is 2.73. The van der Waals surface area contributed by atoms with E-state index in [0.717, 1.165) is 35.3 Å². The molecular weight excluding hydrogens is 318 g/mol. The van der Waals surface area contributed by atoms with Crippen LogP contribution in [0.1, 0.15) is 18.9 Å². The van der Waals surface area contributed by atoms with E-state index in [9.17, 15) is 0 Å². The topological polar surface area (TPSA) is 56.5 Å². The standard InChI is InChI=1S/C18H17N5S/c1-2-11-23-15-6-4-3-5-14(15)16-17(23)20-18(22-21-16)24-12-13-7-9-19-10-8-13/h3-10H,2,11-12H2,1H3. The highest BCUT2D eigenvalue weighted by Gasteiger charge is 2.14. The van der Waals surface area contributed by atoms with Crippen molar-refractivity contribution in [3.63, 3.8) is 0 Å². The Balaban J connectivity index is 1.74. The fraction of sp³-hybridized carbons (Fsp3) is 0.222. The summed E-state index contributed by atoms with van der Waals surface area (Å²) in [6, 6.07) is 12.3. The molecule has 0 spiro atoms. The van der Waals surface area contributed by atoms with Gasteiger partial charge in [-0.15, -0.1) is 10.2 Å². The molecule has 6 heteroatoms. The molecule has 0 atom stereocenters. The highest BCUT2D eigenvalue weighted by molar-refractivity contribution is 7.98. The molecule has 0 saturated heterocycles. The molecule has 5 nitrogen and oxygen atoms in total. The summed E-state index contributed by atoms with van der Waals surface area (Å²) in [5.41, 5.74) is 4.18. The van der Waals surface area contributed by atoms with Gasteiger partial charge in [0.1, 0.15) is 5.52 Å². The van der Waals surface area contributed by atoms with Crippen LogP contribution in [0.25, 0.3) is 22.1 Å². The van der Waals surface area contributed by atoms with Crippen LogP contribution in [0.3, 0.4) is 0 Å². The van der Waals surface area contributed by atoms with Crippen LogP contribution in [0, 0.1) is 0 Å². The van der Waals surface area contributed by atoms with Crippen molar-refractivity contribution < 1.29 is 0 Å². The first-order valence-corrected chi connectivity index (χ1v) is 8.98. The summed E-state index contributed by atoms with van der Waals surface area (Å²) in [6.07, 6.45) is 4.66. The number of thioether (sulfide) groups is 1. The van der Waals surface area contributed by atoms with E-state index in [1.165, 1.54) is 11.1 Å². The Morgan fingerprint density at radius 2 is 1.88 bits per heavy atom. The van der Waals surface area contributed by atoms with E-state index >= 15 is 0 Å². The van der Waals surface area contributed by atoms with Crippen molar-refractivity contribution in [1.29, 1.82) is 0 Å². The highest BCUT2D eigenvalue weighted by atomic mass is 32.2. The second-order valence-corrected chi connectivity index (χ2v) is 6.52. The molecule has 0 fully saturated rings. The molecular formula is C18H17N5S. The summed E-state index contributed by atoms with van der Waals surface area (Å²) in [6.45, 7) is 3.10. The number of hydrogen-bond acceptors (Lipinski definition) is 5. The van der Waals surface area contributed by atoms with Gasteiger partial charge in [-0.3, -0.25) is 4.98 Å². The van der Waals surface area contributed by atoms with E-state index in [0.29, 0.717) is 5.16 Å². The molecule has 120 valence electrons. The number of fused-ring (bicyclic) bond motifs is 3. The third-order valence-corrected chi connectivity index (χ3v) is 4.83. The number of nitrogens with zero attached hydrogens (tertiary/aromatic N) is 5. The van der Waals surface area contributed by atoms with Gasteiger partial charge in [-0.1, -0.05) is 36.9 Å². The molecule has 0 aliphatic heterocycles. The molecule has 0 bridgehead atoms. The Labute approximate surface area is 144 Å². The summed E-state index contributed by atoms with van der Waals surface area (Å²) < 4.78 is 2.25. The molecule has 3 aromatic heterocycles. The Morgan fingerprint density at radius 3 is 2.71 bits per heavy atom. The molecule has 4 aromatic rings. The van der Waals surface area contributed by atoms with Crippen molar-refractivity contribution in [2.45, 2.75) is 30.8 Å². The Kier molecular flexibility index (Phi) is 4.13. The van der Waals surface area contributed by atoms with E-state index in [4.69, 9.17) is 4.98 Å². The second kappa shape index (κ2) is 6.57. The molecule has 0 radical (unpaired) electrons. The van der Waals surface area contributed by atoms with Gasteiger partial charge in [0.2, 0.25) is 5.16 Å². The number of pyridine rings is 1. The minimum Gasteiger partial charge on any atom is -0.324 e. The van der Waals surface area contributed by atoms with Gasteiger partial charge in [0, 0.05) is 30.1 Å². The van der Waals surface area contributed by atoms with E-state index in [2.05, 4.69) is 44.9 Å². The lowest BCUT2D eigenvalue weighted by molar-refractivity contribution is 0.709. The lowest BCUT2D eigenvalue weighted by atomic mass is 10.2.